The Kier molecular flexibility index (Phi) is 4.46. The maximum absolute atomic E-state index is 13.1. The first-order valence-electron chi connectivity index (χ1n) is 5.69. The lowest BCUT2D eigenvalue weighted by atomic mass is 10.1. The van der Waals surface area contributed by atoms with E-state index in [4.69, 9.17) is 27.4 Å². The van der Waals surface area contributed by atoms with E-state index in [-0.39, 0.29) is 16.9 Å². The van der Waals surface area contributed by atoms with Gasteiger partial charge in [0.1, 0.15) is 10.8 Å². The number of rotatable bonds is 4. The number of ether oxygens (including phenoxy) is 2. The molecule has 1 atom stereocenters. The van der Waals surface area contributed by atoms with Crippen molar-refractivity contribution in [2.45, 2.75) is 6.10 Å². The molecule has 0 radical (unpaired) electrons. The highest BCUT2D eigenvalue weighted by molar-refractivity contribution is 7.80. The van der Waals surface area contributed by atoms with Crippen molar-refractivity contribution in [2.75, 3.05) is 31.7 Å². The van der Waals surface area contributed by atoms with E-state index >= 15 is 0 Å². The number of nitrogens with one attached hydrogen (secondary N) is 1. The van der Waals surface area contributed by atoms with Crippen LogP contribution in [0.25, 0.3) is 0 Å². The zero-order chi connectivity index (χ0) is 13.0. The van der Waals surface area contributed by atoms with Gasteiger partial charge in [-0.3, -0.25) is 0 Å². The first-order chi connectivity index (χ1) is 8.66. The van der Waals surface area contributed by atoms with Gasteiger partial charge in [0, 0.05) is 17.8 Å². The molecule has 0 aromatic heterocycles. The standard InChI is InChI=1S/C12H15FN2O2S/c13-8-1-2-11(10(5-8)12(14)18)15-6-9-7-16-3-4-17-9/h1-2,5,9,15H,3-4,6-7H2,(H2,14,18). The second-order valence-corrected chi connectivity index (χ2v) is 4.44. The van der Waals surface area contributed by atoms with Crippen LogP contribution in [0.2, 0.25) is 0 Å². The van der Waals surface area contributed by atoms with Crippen molar-refractivity contribution in [1.29, 1.82) is 0 Å². The number of anilines is 1. The summed E-state index contributed by atoms with van der Waals surface area (Å²) in [6.07, 6.45) is -0.0111. The highest BCUT2D eigenvalue weighted by Crippen LogP contribution is 2.17. The Balaban J connectivity index is 2.01. The van der Waals surface area contributed by atoms with Gasteiger partial charge >= 0.3 is 0 Å². The quantitative estimate of drug-likeness (QED) is 0.807. The zero-order valence-corrected chi connectivity index (χ0v) is 10.6. The van der Waals surface area contributed by atoms with E-state index in [1.807, 2.05) is 0 Å². The minimum Gasteiger partial charge on any atom is -0.389 e. The van der Waals surface area contributed by atoms with Gasteiger partial charge in [-0.25, -0.2) is 4.39 Å². The summed E-state index contributed by atoms with van der Waals surface area (Å²) in [5.74, 6) is -0.361. The SMILES string of the molecule is NC(=S)c1cc(F)ccc1NCC1COCCO1. The van der Waals surface area contributed by atoms with Gasteiger partial charge in [-0.2, -0.15) is 0 Å². The smallest absolute Gasteiger partial charge is 0.124 e. The molecule has 0 spiro atoms. The summed E-state index contributed by atoms with van der Waals surface area (Å²) in [5.41, 5.74) is 6.77. The van der Waals surface area contributed by atoms with E-state index < -0.39 is 0 Å². The third-order valence-electron chi connectivity index (χ3n) is 2.65. The molecule has 1 saturated heterocycles. The summed E-state index contributed by atoms with van der Waals surface area (Å²) in [6, 6.07) is 4.30. The van der Waals surface area contributed by atoms with E-state index in [0.29, 0.717) is 37.6 Å². The van der Waals surface area contributed by atoms with E-state index in [0.717, 1.165) is 0 Å². The molecule has 1 heterocycles. The molecule has 6 heteroatoms. The molecule has 0 amide bonds. The first-order valence-corrected chi connectivity index (χ1v) is 6.10. The fourth-order valence-corrected chi connectivity index (χ4v) is 1.92. The van der Waals surface area contributed by atoms with Crippen LogP contribution in [0, 0.1) is 5.82 Å². The number of benzene rings is 1. The molecule has 1 aliphatic rings. The lowest BCUT2D eigenvalue weighted by Gasteiger charge is -2.24. The summed E-state index contributed by atoms with van der Waals surface area (Å²) < 4.78 is 23.9. The summed E-state index contributed by atoms with van der Waals surface area (Å²) in [5, 5.41) is 3.15. The normalized spacial score (nSPS) is 19.5. The van der Waals surface area contributed by atoms with E-state index in [2.05, 4.69) is 5.32 Å². The van der Waals surface area contributed by atoms with Crippen molar-refractivity contribution in [2.24, 2.45) is 5.73 Å². The number of hydrogen-bond acceptors (Lipinski definition) is 4. The molecular formula is C12H15FN2O2S. The summed E-state index contributed by atoms with van der Waals surface area (Å²) >= 11 is 4.90. The van der Waals surface area contributed by atoms with Gasteiger partial charge in [-0.05, 0) is 18.2 Å². The number of hydrogen-bond donors (Lipinski definition) is 2. The molecule has 4 nitrogen and oxygen atoms in total. The van der Waals surface area contributed by atoms with Crippen LogP contribution in [0.15, 0.2) is 18.2 Å². The Morgan fingerprint density at radius 3 is 3.00 bits per heavy atom. The van der Waals surface area contributed by atoms with E-state index in [1.54, 1.807) is 6.07 Å². The van der Waals surface area contributed by atoms with Crippen molar-refractivity contribution in [1.82, 2.24) is 0 Å². The van der Waals surface area contributed by atoms with Gasteiger partial charge in [0.15, 0.2) is 0 Å². The van der Waals surface area contributed by atoms with Crippen LogP contribution in [-0.2, 0) is 9.47 Å². The Morgan fingerprint density at radius 1 is 1.50 bits per heavy atom. The van der Waals surface area contributed by atoms with Gasteiger partial charge in [0.05, 0.1) is 25.9 Å². The van der Waals surface area contributed by atoms with Gasteiger partial charge in [-0.15, -0.1) is 0 Å². The lowest BCUT2D eigenvalue weighted by Crippen LogP contribution is -2.34. The van der Waals surface area contributed by atoms with E-state index in [1.165, 1.54) is 12.1 Å². The molecule has 0 aliphatic carbocycles. The van der Waals surface area contributed by atoms with Crippen molar-refractivity contribution < 1.29 is 13.9 Å². The predicted octanol–water partition coefficient (Wildman–Crippen LogP) is 1.29. The van der Waals surface area contributed by atoms with Gasteiger partial charge < -0.3 is 20.5 Å². The van der Waals surface area contributed by atoms with Crippen LogP contribution in [0.3, 0.4) is 0 Å². The molecule has 1 aromatic carbocycles. The molecule has 1 aromatic rings. The van der Waals surface area contributed by atoms with Crippen molar-refractivity contribution in [3.05, 3.63) is 29.6 Å². The molecule has 0 saturated carbocycles. The Morgan fingerprint density at radius 2 is 2.33 bits per heavy atom. The average Bonchev–Trinajstić information content (AvgIpc) is 2.38. The third kappa shape index (κ3) is 3.38. The topological polar surface area (TPSA) is 56.5 Å². The zero-order valence-electron chi connectivity index (χ0n) is 9.82. The highest BCUT2D eigenvalue weighted by atomic mass is 32.1. The predicted molar refractivity (Wildman–Crippen MR) is 71.3 cm³/mol. The monoisotopic (exact) mass is 270 g/mol. The molecule has 1 unspecified atom stereocenters. The second-order valence-electron chi connectivity index (χ2n) is 4.00. The average molecular weight is 270 g/mol. The summed E-state index contributed by atoms with van der Waals surface area (Å²) in [4.78, 5) is 0.165. The Bertz CT molecular complexity index is 436. The fourth-order valence-electron chi connectivity index (χ4n) is 1.75. The van der Waals surface area contributed by atoms with Crippen molar-refractivity contribution >= 4 is 22.9 Å². The van der Waals surface area contributed by atoms with Crippen LogP contribution >= 0.6 is 12.2 Å². The summed E-state index contributed by atoms with van der Waals surface area (Å²) in [7, 11) is 0. The second kappa shape index (κ2) is 6.08. The molecule has 1 fully saturated rings. The Hall–Kier alpha value is -1.24. The van der Waals surface area contributed by atoms with Gasteiger partial charge in [-0.1, -0.05) is 12.2 Å². The van der Waals surface area contributed by atoms with Crippen LogP contribution in [0.5, 0.6) is 0 Å². The maximum atomic E-state index is 13.1. The molecule has 2 rings (SSSR count). The van der Waals surface area contributed by atoms with E-state index in [9.17, 15) is 4.39 Å². The fraction of sp³-hybridized carbons (Fsp3) is 0.417. The molecular weight excluding hydrogens is 255 g/mol. The molecule has 0 bridgehead atoms. The van der Waals surface area contributed by atoms with Crippen LogP contribution in [0.4, 0.5) is 10.1 Å². The number of halogens is 1. The van der Waals surface area contributed by atoms with Crippen LogP contribution in [-0.4, -0.2) is 37.5 Å². The van der Waals surface area contributed by atoms with Crippen molar-refractivity contribution in [3.63, 3.8) is 0 Å². The van der Waals surface area contributed by atoms with Crippen LogP contribution < -0.4 is 11.1 Å². The maximum Gasteiger partial charge on any atom is 0.124 e. The molecule has 3 N–H and O–H groups in total. The number of nitrogens with two attached hydrogens (primary N) is 1. The lowest BCUT2D eigenvalue weighted by molar-refractivity contribution is -0.0818. The highest BCUT2D eigenvalue weighted by Gasteiger charge is 2.15. The minimum absolute atomic E-state index is 0.0111. The first kappa shape index (κ1) is 13.2. The van der Waals surface area contributed by atoms with Gasteiger partial charge in [0.2, 0.25) is 0 Å². The third-order valence-corrected chi connectivity index (χ3v) is 2.87. The van der Waals surface area contributed by atoms with Crippen molar-refractivity contribution in [3.8, 4) is 0 Å². The van der Waals surface area contributed by atoms with Gasteiger partial charge in [0.25, 0.3) is 0 Å². The molecule has 98 valence electrons. The summed E-state index contributed by atoms with van der Waals surface area (Å²) in [6.45, 7) is 2.35. The number of thiocarbonyl (C=S) groups is 1. The Labute approximate surface area is 110 Å². The minimum atomic E-state index is -0.361. The molecule has 1 aliphatic heterocycles. The largest absolute Gasteiger partial charge is 0.389 e. The van der Waals surface area contributed by atoms with Crippen LogP contribution in [0.1, 0.15) is 5.56 Å². The molecule has 18 heavy (non-hydrogen) atoms.